The molecule has 0 aliphatic carbocycles. The largest absolute Gasteiger partial charge is 0.356 e. The Morgan fingerprint density at radius 2 is 1.96 bits per heavy atom. The van der Waals surface area contributed by atoms with Gasteiger partial charge in [-0.3, -0.25) is 9.69 Å². The SMILES string of the molecule is C=CCN1C(=O)[C@H]2Cc3c([nH]c4ccccc34)[C@@H](c3ccc(F)cc3)N2C1=S. The third kappa shape index (κ3) is 2.34. The van der Waals surface area contributed by atoms with Gasteiger partial charge in [0.2, 0.25) is 0 Å². The van der Waals surface area contributed by atoms with E-state index in [4.69, 9.17) is 12.2 Å². The Hall–Kier alpha value is -2.99. The predicted octanol–water partition coefficient (Wildman–Crippen LogP) is 3.94. The number of carbonyl (C=O) groups excluding carboxylic acids is 1. The number of aromatic nitrogens is 1. The molecule has 0 spiro atoms. The van der Waals surface area contributed by atoms with Crippen LogP contribution in [0, 0.1) is 5.82 Å². The van der Waals surface area contributed by atoms with Crippen molar-refractivity contribution in [3.05, 3.63) is 83.8 Å². The van der Waals surface area contributed by atoms with Crippen LogP contribution in [0.2, 0.25) is 0 Å². The summed E-state index contributed by atoms with van der Waals surface area (Å²) in [7, 11) is 0. The lowest BCUT2D eigenvalue weighted by Gasteiger charge is -2.37. The van der Waals surface area contributed by atoms with Crippen molar-refractivity contribution in [3.8, 4) is 0 Å². The Morgan fingerprint density at radius 3 is 2.71 bits per heavy atom. The van der Waals surface area contributed by atoms with E-state index in [1.807, 2.05) is 23.1 Å². The summed E-state index contributed by atoms with van der Waals surface area (Å²) in [6, 6.07) is 13.9. The fourth-order valence-corrected chi connectivity index (χ4v) is 4.82. The van der Waals surface area contributed by atoms with Crippen LogP contribution in [0.15, 0.2) is 61.2 Å². The van der Waals surface area contributed by atoms with Gasteiger partial charge in [-0.15, -0.1) is 6.58 Å². The minimum atomic E-state index is -0.366. The molecule has 1 fully saturated rings. The van der Waals surface area contributed by atoms with Crippen molar-refractivity contribution in [1.29, 1.82) is 0 Å². The molecule has 1 amide bonds. The van der Waals surface area contributed by atoms with Crippen LogP contribution in [-0.2, 0) is 11.2 Å². The highest BCUT2D eigenvalue weighted by atomic mass is 32.1. The summed E-state index contributed by atoms with van der Waals surface area (Å²) in [5.74, 6) is -0.297. The third-order valence-corrected chi connectivity index (χ3v) is 6.06. The van der Waals surface area contributed by atoms with Crippen molar-refractivity contribution in [2.75, 3.05) is 6.54 Å². The van der Waals surface area contributed by atoms with E-state index in [1.54, 1.807) is 23.1 Å². The molecule has 4 nitrogen and oxygen atoms in total. The topological polar surface area (TPSA) is 39.3 Å². The zero-order valence-electron chi connectivity index (χ0n) is 15.1. The summed E-state index contributed by atoms with van der Waals surface area (Å²) >= 11 is 5.69. The second kappa shape index (κ2) is 6.27. The van der Waals surface area contributed by atoms with Crippen LogP contribution >= 0.6 is 12.2 Å². The van der Waals surface area contributed by atoms with E-state index >= 15 is 0 Å². The van der Waals surface area contributed by atoms with Crippen LogP contribution < -0.4 is 0 Å². The number of rotatable bonds is 3. The van der Waals surface area contributed by atoms with E-state index in [0.29, 0.717) is 18.1 Å². The van der Waals surface area contributed by atoms with E-state index in [1.165, 1.54) is 12.1 Å². The van der Waals surface area contributed by atoms with Gasteiger partial charge in [-0.2, -0.15) is 0 Å². The van der Waals surface area contributed by atoms with Crippen LogP contribution in [0.25, 0.3) is 10.9 Å². The number of carbonyl (C=O) groups is 1. The number of amides is 1. The fourth-order valence-electron chi connectivity index (χ4n) is 4.42. The molecule has 0 bridgehead atoms. The number of thiocarbonyl (C=S) groups is 1. The molecular formula is C22H18FN3OS. The Kier molecular flexibility index (Phi) is 3.84. The molecule has 2 aliphatic rings. The molecule has 1 aromatic heterocycles. The zero-order chi connectivity index (χ0) is 19.4. The summed E-state index contributed by atoms with van der Waals surface area (Å²) in [5, 5.41) is 1.61. The first-order valence-corrected chi connectivity index (χ1v) is 9.60. The lowest BCUT2D eigenvalue weighted by atomic mass is 9.89. The summed E-state index contributed by atoms with van der Waals surface area (Å²) in [4.78, 5) is 20.2. The van der Waals surface area contributed by atoms with Gasteiger partial charge < -0.3 is 9.88 Å². The number of nitrogens with one attached hydrogen (secondary N) is 1. The van der Waals surface area contributed by atoms with Gasteiger partial charge in [0, 0.05) is 29.6 Å². The zero-order valence-corrected chi connectivity index (χ0v) is 15.9. The van der Waals surface area contributed by atoms with Crippen LogP contribution in [0.4, 0.5) is 4.39 Å². The standard InChI is InChI=1S/C22H18FN3OS/c1-2-11-25-21(27)18-12-16-15-5-3-4-6-17(15)24-19(16)20(26(18)22(25)28)13-7-9-14(23)10-8-13/h2-10,18,20,24H,1,11-12H2/t18-,20-/m1/s1. The van der Waals surface area contributed by atoms with Crippen molar-refractivity contribution < 1.29 is 9.18 Å². The summed E-state index contributed by atoms with van der Waals surface area (Å²) in [6.45, 7) is 4.13. The number of hydrogen-bond donors (Lipinski definition) is 1. The van der Waals surface area contributed by atoms with E-state index < -0.39 is 0 Å². The number of fused-ring (bicyclic) bond motifs is 4. The predicted molar refractivity (Wildman–Crippen MR) is 110 cm³/mol. The average Bonchev–Trinajstić information content (AvgIpc) is 3.19. The van der Waals surface area contributed by atoms with Gasteiger partial charge in [0.25, 0.3) is 5.91 Å². The summed E-state index contributed by atoms with van der Waals surface area (Å²) in [5.41, 5.74) is 4.07. The number of hydrogen-bond acceptors (Lipinski definition) is 2. The molecule has 3 aromatic rings. The van der Waals surface area contributed by atoms with Crippen LogP contribution in [-0.4, -0.2) is 38.4 Å². The van der Waals surface area contributed by atoms with Crippen LogP contribution in [0.5, 0.6) is 0 Å². The first-order chi connectivity index (χ1) is 13.6. The molecule has 2 atom stereocenters. The Bertz CT molecular complexity index is 1120. The molecule has 2 aromatic carbocycles. The summed E-state index contributed by atoms with van der Waals surface area (Å²) in [6.07, 6.45) is 2.27. The van der Waals surface area contributed by atoms with Crippen molar-refractivity contribution in [1.82, 2.24) is 14.8 Å². The second-order valence-electron chi connectivity index (χ2n) is 7.16. The molecule has 6 heteroatoms. The van der Waals surface area contributed by atoms with E-state index in [0.717, 1.165) is 27.7 Å². The molecule has 0 unspecified atom stereocenters. The maximum atomic E-state index is 13.6. The van der Waals surface area contributed by atoms with E-state index in [-0.39, 0.29) is 23.8 Å². The van der Waals surface area contributed by atoms with Crippen molar-refractivity contribution >= 4 is 34.1 Å². The van der Waals surface area contributed by atoms with Gasteiger partial charge in [-0.1, -0.05) is 36.4 Å². The third-order valence-electron chi connectivity index (χ3n) is 5.63. The van der Waals surface area contributed by atoms with Gasteiger partial charge in [-0.25, -0.2) is 4.39 Å². The average molecular weight is 391 g/mol. The Morgan fingerprint density at radius 1 is 1.21 bits per heavy atom. The number of nitrogens with zero attached hydrogens (tertiary/aromatic N) is 2. The Balaban J connectivity index is 1.73. The molecule has 0 saturated carbocycles. The molecule has 140 valence electrons. The van der Waals surface area contributed by atoms with E-state index in [9.17, 15) is 9.18 Å². The lowest BCUT2D eigenvalue weighted by molar-refractivity contribution is -0.128. The Labute approximate surface area is 167 Å². The first-order valence-electron chi connectivity index (χ1n) is 9.19. The van der Waals surface area contributed by atoms with Crippen molar-refractivity contribution in [2.45, 2.75) is 18.5 Å². The van der Waals surface area contributed by atoms with E-state index in [2.05, 4.69) is 17.6 Å². The molecule has 3 heterocycles. The van der Waals surface area contributed by atoms with Crippen LogP contribution in [0.3, 0.4) is 0 Å². The second-order valence-corrected chi connectivity index (χ2v) is 7.53. The van der Waals surface area contributed by atoms with Gasteiger partial charge >= 0.3 is 0 Å². The van der Waals surface area contributed by atoms with Gasteiger partial charge in [-0.05, 0) is 41.5 Å². The number of aromatic amines is 1. The highest BCUT2D eigenvalue weighted by Gasteiger charge is 2.50. The maximum absolute atomic E-state index is 13.6. The quantitative estimate of drug-likeness (QED) is 0.543. The minimum absolute atomic E-state index is 0.00653. The smallest absolute Gasteiger partial charge is 0.252 e. The number of benzene rings is 2. The highest BCUT2D eigenvalue weighted by molar-refractivity contribution is 7.80. The molecule has 1 saturated heterocycles. The highest BCUT2D eigenvalue weighted by Crippen LogP contribution is 2.43. The first kappa shape index (κ1) is 17.1. The fraction of sp³-hybridized carbons (Fsp3) is 0.182. The number of para-hydroxylation sites is 1. The van der Waals surface area contributed by atoms with Gasteiger partial charge in [0.1, 0.15) is 11.9 Å². The lowest BCUT2D eigenvalue weighted by Crippen LogP contribution is -2.44. The molecule has 2 aliphatic heterocycles. The summed E-state index contributed by atoms with van der Waals surface area (Å²) < 4.78 is 13.6. The molecular weight excluding hydrogens is 373 g/mol. The molecule has 5 rings (SSSR count). The van der Waals surface area contributed by atoms with Gasteiger partial charge in [0.15, 0.2) is 5.11 Å². The molecule has 1 N–H and O–H groups in total. The molecule has 28 heavy (non-hydrogen) atoms. The van der Waals surface area contributed by atoms with Crippen molar-refractivity contribution in [2.24, 2.45) is 0 Å². The normalized spacial score (nSPS) is 21.2. The number of halogens is 1. The van der Waals surface area contributed by atoms with Gasteiger partial charge in [0.05, 0.1) is 6.04 Å². The monoisotopic (exact) mass is 391 g/mol. The van der Waals surface area contributed by atoms with Crippen LogP contribution in [0.1, 0.15) is 22.9 Å². The maximum Gasteiger partial charge on any atom is 0.252 e. The number of H-pyrrole nitrogens is 1. The minimum Gasteiger partial charge on any atom is -0.356 e. The molecule has 0 radical (unpaired) electrons. The van der Waals surface area contributed by atoms with Crippen molar-refractivity contribution in [3.63, 3.8) is 0 Å².